The summed E-state index contributed by atoms with van der Waals surface area (Å²) in [4.78, 5) is 12.0. The van der Waals surface area contributed by atoms with Crippen molar-refractivity contribution in [3.63, 3.8) is 0 Å². The smallest absolute Gasteiger partial charge is 0.161 e. The maximum atomic E-state index is 12.0. The Balaban J connectivity index is 2.90. The minimum Gasteiger partial charge on any atom is -0.393 e. The van der Waals surface area contributed by atoms with Crippen LogP contribution in [0.2, 0.25) is 0 Å². The van der Waals surface area contributed by atoms with Gasteiger partial charge in [-0.15, -0.1) is 0 Å². The predicted molar refractivity (Wildman–Crippen MR) is 95.6 cm³/mol. The minimum atomic E-state index is -0.484. The Hall–Kier alpha value is -1.04. The number of methoxy groups -OCH3 is 1. The maximum Gasteiger partial charge on any atom is 0.161 e. The lowest BCUT2D eigenvalue weighted by Gasteiger charge is -2.40. The summed E-state index contributed by atoms with van der Waals surface area (Å²) < 4.78 is 10.9. The van der Waals surface area contributed by atoms with Gasteiger partial charge in [-0.25, -0.2) is 0 Å². The van der Waals surface area contributed by atoms with Crippen LogP contribution in [-0.2, 0) is 14.3 Å². The van der Waals surface area contributed by atoms with Crippen LogP contribution >= 0.6 is 0 Å². The molecular formula is C19H33NO4. The summed E-state index contributed by atoms with van der Waals surface area (Å²) in [5, 5.41) is 17.8. The van der Waals surface area contributed by atoms with E-state index in [2.05, 4.69) is 6.92 Å². The van der Waals surface area contributed by atoms with E-state index < -0.39 is 5.60 Å². The van der Waals surface area contributed by atoms with Crippen molar-refractivity contribution in [3.05, 3.63) is 11.1 Å². The number of hydrogen-bond donors (Lipinski definition) is 2. The minimum absolute atomic E-state index is 0.0127. The molecule has 0 radical (unpaired) electrons. The number of allylic oxidation sites excluding steroid dienone is 2. The Morgan fingerprint density at radius 1 is 1.25 bits per heavy atom. The highest BCUT2D eigenvalue weighted by Gasteiger charge is 2.37. The number of carbonyl (C=O) groups is 1. The van der Waals surface area contributed by atoms with Crippen molar-refractivity contribution in [2.75, 3.05) is 26.9 Å². The van der Waals surface area contributed by atoms with Gasteiger partial charge in [0.25, 0.3) is 0 Å². The van der Waals surface area contributed by atoms with Gasteiger partial charge in [-0.05, 0) is 51.9 Å². The van der Waals surface area contributed by atoms with Crippen molar-refractivity contribution in [3.8, 4) is 0 Å². The van der Waals surface area contributed by atoms with Gasteiger partial charge in [0.15, 0.2) is 5.78 Å². The zero-order chi connectivity index (χ0) is 18.2. The van der Waals surface area contributed by atoms with E-state index in [1.807, 2.05) is 0 Å². The second kappa shape index (κ2) is 10.1. The Bertz CT molecular complexity index is 446. The number of hydrogen-bond acceptors (Lipinski definition) is 5. The fraction of sp³-hybridized carbons (Fsp3) is 0.789. The number of aliphatic hydroxyl groups is 1. The van der Waals surface area contributed by atoms with Gasteiger partial charge in [0.05, 0.1) is 25.4 Å². The van der Waals surface area contributed by atoms with Gasteiger partial charge in [-0.1, -0.05) is 18.9 Å². The molecular weight excluding hydrogens is 306 g/mol. The molecule has 0 aromatic carbocycles. The van der Waals surface area contributed by atoms with E-state index in [9.17, 15) is 9.90 Å². The van der Waals surface area contributed by atoms with Crippen LogP contribution in [0.4, 0.5) is 0 Å². The van der Waals surface area contributed by atoms with E-state index in [-0.39, 0.29) is 12.4 Å². The molecule has 0 heterocycles. The van der Waals surface area contributed by atoms with Crippen LogP contribution in [0.1, 0.15) is 59.3 Å². The van der Waals surface area contributed by atoms with E-state index >= 15 is 0 Å². The maximum absolute atomic E-state index is 12.0. The Labute approximate surface area is 145 Å². The number of aliphatic hydroxyl groups excluding tert-OH is 1. The molecule has 1 fully saturated rings. The number of rotatable bonds is 10. The number of nitrogens with one attached hydrogen (secondary N) is 1. The lowest BCUT2D eigenvalue weighted by atomic mass is 9.73. The van der Waals surface area contributed by atoms with Gasteiger partial charge in [0.1, 0.15) is 0 Å². The van der Waals surface area contributed by atoms with Crippen LogP contribution in [0.25, 0.3) is 0 Å². The summed E-state index contributed by atoms with van der Waals surface area (Å²) in [6.45, 7) is 6.37. The van der Waals surface area contributed by atoms with Gasteiger partial charge >= 0.3 is 0 Å². The molecule has 5 heteroatoms. The van der Waals surface area contributed by atoms with Gasteiger partial charge in [0.2, 0.25) is 0 Å². The number of ketones is 1. The first-order valence-corrected chi connectivity index (χ1v) is 8.94. The van der Waals surface area contributed by atoms with Crippen molar-refractivity contribution in [1.82, 2.24) is 0 Å². The molecule has 0 amide bonds. The van der Waals surface area contributed by atoms with E-state index in [1.54, 1.807) is 21.0 Å². The Morgan fingerprint density at radius 3 is 2.29 bits per heavy atom. The lowest BCUT2D eigenvalue weighted by Crippen LogP contribution is -2.42. The van der Waals surface area contributed by atoms with Gasteiger partial charge in [-0.2, -0.15) is 0 Å². The third kappa shape index (κ3) is 5.50. The van der Waals surface area contributed by atoms with E-state index in [1.165, 1.54) is 0 Å². The molecule has 0 spiro atoms. The number of ether oxygens (including phenoxy) is 2. The molecule has 0 bridgehead atoms. The van der Waals surface area contributed by atoms with Crippen LogP contribution in [0.15, 0.2) is 11.1 Å². The zero-order valence-corrected chi connectivity index (χ0v) is 15.6. The molecule has 1 rings (SSSR count). The highest BCUT2D eigenvalue weighted by molar-refractivity contribution is 6.20. The summed E-state index contributed by atoms with van der Waals surface area (Å²) in [5.41, 5.74) is 1.61. The second-order valence-electron chi connectivity index (χ2n) is 6.79. The third-order valence-electron chi connectivity index (χ3n) is 4.94. The molecule has 2 N–H and O–H groups in total. The van der Waals surface area contributed by atoms with Gasteiger partial charge < -0.3 is 20.0 Å². The Kier molecular flexibility index (Phi) is 8.81. The fourth-order valence-electron chi connectivity index (χ4n) is 3.72. The molecule has 0 atom stereocenters. The number of Topliss-reactive ketones (excluding diaryl/α,β-unsaturated/α-hetero) is 1. The summed E-state index contributed by atoms with van der Waals surface area (Å²) in [6.07, 6.45) is 5.12. The first kappa shape index (κ1) is 21.0. The summed E-state index contributed by atoms with van der Waals surface area (Å²) in [5.74, 6) is 0.288. The molecule has 138 valence electrons. The molecule has 0 aromatic heterocycles. The summed E-state index contributed by atoms with van der Waals surface area (Å²) in [6, 6.07) is 0. The fourth-order valence-corrected chi connectivity index (χ4v) is 3.72. The zero-order valence-electron chi connectivity index (χ0n) is 15.6. The molecule has 24 heavy (non-hydrogen) atoms. The van der Waals surface area contributed by atoms with Gasteiger partial charge in [-0.3, -0.25) is 4.79 Å². The quantitative estimate of drug-likeness (QED) is 0.364. The molecule has 1 aliphatic rings. The second-order valence-corrected chi connectivity index (χ2v) is 6.79. The van der Waals surface area contributed by atoms with Crippen molar-refractivity contribution in [2.24, 2.45) is 5.92 Å². The lowest BCUT2D eigenvalue weighted by molar-refractivity contribution is -0.116. The largest absolute Gasteiger partial charge is 0.393 e. The molecule has 0 aromatic rings. The molecule has 0 unspecified atom stereocenters. The van der Waals surface area contributed by atoms with Crippen molar-refractivity contribution in [1.29, 1.82) is 5.41 Å². The highest BCUT2D eigenvalue weighted by Crippen LogP contribution is 2.40. The van der Waals surface area contributed by atoms with Crippen LogP contribution in [0, 0.1) is 11.3 Å². The first-order chi connectivity index (χ1) is 11.4. The third-order valence-corrected chi connectivity index (χ3v) is 4.94. The summed E-state index contributed by atoms with van der Waals surface area (Å²) >= 11 is 0. The van der Waals surface area contributed by atoms with Crippen molar-refractivity contribution >= 4 is 11.5 Å². The molecule has 0 saturated heterocycles. The van der Waals surface area contributed by atoms with Crippen LogP contribution in [0.3, 0.4) is 0 Å². The van der Waals surface area contributed by atoms with Crippen LogP contribution < -0.4 is 0 Å². The molecule has 1 saturated carbocycles. The van der Waals surface area contributed by atoms with E-state index in [0.717, 1.165) is 44.1 Å². The number of carbonyl (C=O) groups excluding carboxylic acids is 1. The topological polar surface area (TPSA) is 79.6 Å². The van der Waals surface area contributed by atoms with Crippen molar-refractivity contribution < 1.29 is 19.4 Å². The monoisotopic (exact) mass is 339 g/mol. The van der Waals surface area contributed by atoms with E-state index in [0.29, 0.717) is 30.4 Å². The average molecular weight is 339 g/mol. The normalized spacial score (nSPS) is 25.3. The highest BCUT2D eigenvalue weighted by atomic mass is 16.5. The summed E-state index contributed by atoms with van der Waals surface area (Å²) in [7, 11) is 1.64. The van der Waals surface area contributed by atoms with Gasteiger partial charge in [0, 0.05) is 18.4 Å². The van der Waals surface area contributed by atoms with E-state index in [4.69, 9.17) is 14.9 Å². The average Bonchev–Trinajstić information content (AvgIpc) is 2.54. The molecule has 5 nitrogen and oxygen atoms in total. The van der Waals surface area contributed by atoms with Crippen LogP contribution in [0.5, 0.6) is 0 Å². The van der Waals surface area contributed by atoms with Crippen LogP contribution in [-0.4, -0.2) is 49.1 Å². The molecule has 1 aliphatic carbocycles. The Morgan fingerprint density at radius 2 is 1.88 bits per heavy atom. The molecule has 0 aliphatic heterocycles. The van der Waals surface area contributed by atoms with Crippen molar-refractivity contribution in [2.45, 2.75) is 64.9 Å². The first-order valence-electron chi connectivity index (χ1n) is 8.94. The standard InChI is InChI=1S/C19H33NO4/c1-5-6-17(18(14(2)20)15(3)22)16-7-9-19(13-21,10-8-16)24-12-11-23-4/h16,20-21H,5-13H2,1-4H3/b18-17-,20-14?. The SMILES string of the molecule is CCC/C(=C(\C(C)=N)C(C)=O)C1CCC(CO)(OCCOC)CC1. The predicted octanol–water partition coefficient (Wildman–Crippen LogP) is 3.30.